The first kappa shape index (κ1) is 16.8. The molecule has 2 aromatic rings. The predicted octanol–water partition coefficient (Wildman–Crippen LogP) is 2.97. The molecule has 0 spiro atoms. The fraction of sp³-hybridized carbons (Fsp3) is 0.556. The van der Waals surface area contributed by atoms with Crippen molar-refractivity contribution in [1.29, 1.82) is 0 Å². The fourth-order valence-corrected chi connectivity index (χ4v) is 4.71. The van der Waals surface area contributed by atoms with Crippen molar-refractivity contribution >= 4 is 32.8 Å². The summed E-state index contributed by atoms with van der Waals surface area (Å²) in [7, 11) is 0. The molecule has 1 aliphatic carbocycles. The summed E-state index contributed by atoms with van der Waals surface area (Å²) in [5, 5.41) is 7.91. The molecular weight excluding hydrogens is 380 g/mol. The van der Waals surface area contributed by atoms with E-state index >= 15 is 0 Å². The molecule has 6 nitrogen and oxygen atoms in total. The van der Waals surface area contributed by atoms with Crippen LogP contribution >= 0.6 is 15.9 Å². The summed E-state index contributed by atoms with van der Waals surface area (Å²) in [6, 6.07) is 0.491. The number of aromatic nitrogens is 3. The Labute approximate surface area is 156 Å². The number of halogens is 1. The van der Waals surface area contributed by atoms with E-state index in [9.17, 15) is 0 Å². The van der Waals surface area contributed by atoms with Gasteiger partial charge in [0.25, 0.3) is 0 Å². The van der Waals surface area contributed by atoms with Gasteiger partial charge in [-0.1, -0.05) is 0 Å². The molecule has 7 heteroatoms. The lowest BCUT2D eigenvalue weighted by Crippen LogP contribution is -2.26. The van der Waals surface area contributed by atoms with Gasteiger partial charge in [-0.15, -0.1) is 0 Å². The van der Waals surface area contributed by atoms with Crippen LogP contribution in [0.3, 0.4) is 0 Å². The maximum absolute atomic E-state index is 6.02. The van der Waals surface area contributed by atoms with Crippen molar-refractivity contribution < 1.29 is 0 Å². The average molecular weight is 405 g/mol. The first-order valence-corrected chi connectivity index (χ1v) is 9.90. The van der Waals surface area contributed by atoms with Crippen molar-refractivity contribution in [3.63, 3.8) is 0 Å². The number of hydrogen-bond acceptors (Lipinski definition) is 5. The van der Waals surface area contributed by atoms with Crippen LogP contribution in [0.1, 0.15) is 38.1 Å². The van der Waals surface area contributed by atoms with Crippen molar-refractivity contribution in [1.82, 2.24) is 25.2 Å². The van der Waals surface area contributed by atoms with Gasteiger partial charge in [0.05, 0.1) is 5.39 Å². The second kappa shape index (κ2) is 7.33. The van der Waals surface area contributed by atoms with Crippen molar-refractivity contribution in [2.24, 2.45) is 5.92 Å². The number of anilines is 1. The van der Waals surface area contributed by atoms with E-state index in [4.69, 9.17) is 5.73 Å². The average Bonchev–Trinajstić information content (AvgIpc) is 3.21. The summed E-state index contributed by atoms with van der Waals surface area (Å²) in [5.41, 5.74) is 8.45. The van der Waals surface area contributed by atoms with Crippen LogP contribution in [0.5, 0.6) is 0 Å². The number of nitrogens with two attached hydrogens (primary N) is 1. The Morgan fingerprint density at radius 3 is 3.12 bits per heavy atom. The summed E-state index contributed by atoms with van der Waals surface area (Å²) in [6.45, 7) is 3.21. The lowest BCUT2D eigenvalue weighted by Gasteiger charge is -2.17. The van der Waals surface area contributed by atoms with E-state index in [1.165, 1.54) is 37.7 Å². The van der Waals surface area contributed by atoms with E-state index in [2.05, 4.69) is 53.5 Å². The molecule has 0 bridgehead atoms. The third kappa shape index (κ3) is 3.53. The van der Waals surface area contributed by atoms with E-state index in [1.807, 2.05) is 0 Å². The van der Waals surface area contributed by atoms with Crippen LogP contribution in [0, 0.1) is 5.92 Å². The zero-order valence-electron chi connectivity index (χ0n) is 14.3. The van der Waals surface area contributed by atoms with Gasteiger partial charge in [-0.2, -0.15) is 0 Å². The Kier molecular flexibility index (Phi) is 4.94. The van der Waals surface area contributed by atoms with Crippen molar-refractivity contribution in [3.05, 3.63) is 28.8 Å². The van der Waals surface area contributed by atoms with E-state index in [-0.39, 0.29) is 0 Å². The summed E-state index contributed by atoms with van der Waals surface area (Å²) >= 11 is 3.61. The maximum atomic E-state index is 6.02. The molecule has 4 N–H and O–H groups in total. The van der Waals surface area contributed by atoms with Crippen LogP contribution in [0.2, 0.25) is 0 Å². The molecule has 2 aromatic heterocycles. The predicted molar refractivity (Wildman–Crippen MR) is 104 cm³/mol. The SMILES string of the molecule is Nc1ncnc2c1c(Br)cn2C1CCC(CNCC2=CNCCC2)C1. The standard InChI is InChI=1S/C18H25BrN6/c19-15-10-25(18-16(15)17(20)23-11-24-18)14-4-3-12(6-14)7-22-9-13-2-1-5-21-8-13/h8,10-12,14,21-22H,1-7,9H2,(H2,20,23,24). The smallest absolute Gasteiger partial charge is 0.146 e. The van der Waals surface area contributed by atoms with Gasteiger partial charge in [-0.25, -0.2) is 9.97 Å². The third-order valence-electron chi connectivity index (χ3n) is 5.41. The van der Waals surface area contributed by atoms with Gasteiger partial charge in [-0.05, 0) is 72.3 Å². The number of nitrogen functional groups attached to an aromatic ring is 1. The first-order valence-electron chi connectivity index (χ1n) is 9.11. The topological polar surface area (TPSA) is 80.8 Å². The van der Waals surface area contributed by atoms with Crippen LogP contribution in [0.15, 0.2) is 28.8 Å². The van der Waals surface area contributed by atoms with Crippen LogP contribution in [0.25, 0.3) is 11.0 Å². The van der Waals surface area contributed by atoms with Crippen LogP contribution in [0.4, 0.5) is 5.82 Å². The quantitative estimate of drug-likeness (QED) is 0.713. The highest BCUT2D eigenvalue weighted by molar-refractivity contribution is 9.10. The largest absolute Gasteiger partial charge is 0.391 e. The summed E-state index contributed by atoms with van der Waals surface area (Å²) < 4.78 is 3.27. The highest BCUT2D eigenvalue weighted by atomic mass is 79.9. The normalized spacial score (nSPS) is 23.6. The molecule has 134 valence electrons. The van der Waals surface area contributed by atoms with Crippen molar-refractivity contribution in [3.8, 4) is 0 Å². The molecule has 4 rings (SSSR count). The molecule has 0 aromatic carbocycles. The molecule has 25 heavy (non-hydrogen) atoms. The van der Waals surface area contributed by atoms with E-state index in [1.54, 1.807) is 6.33 Å². The van der Waals surface area contributed by atoms with E-state index in [0.717, 1.165) is 41.1 Å². The van der Waals surface area contributed by atoms with Crippen molar-refractivity contribution in [2.45, 2.75) is 38.1 Å². The number of hydrogen-bond donors (Lipinski definition) is 3. The molecule has 2 aliphatic rings. The van der Waals surface area contributed by atoms with E-state index < -0.39 is 0 Å². The second-order valence-corrected chi connectivity index (χ2v) is 8.02. The molecule has 1 aliphatic heterocycles. The molecule has 0 radical (unpaired) electrons. The minimum absolute atomic E-state index is 0.491. The van der Waals surface area contributed by atoms with Crippen LogP contribution in [-0.4, -0.2) is 34.2 Å². The second-order valence-electron chi connectivity index (χ2n) is 7.17. The Hall–Kier alpha value is -1.60. The van der Waals surface area contributed by atoms with Gasteiger partial charge < -0.3 is 20.9 Å². The fourth-order valence-electron chi connectivity index (χ4n) is 4.11. The highest BCUT2D eigenvalue weighted by Gasteiger charge is 2.27. The molecular formula is C18H25BrN6. The van der Waals surface area contributed by atoms with Gasteiger partial charge in [0.2, 0.25) is 0 Å². The van der Waals surface area contributed by atoms with Gasteiger partial charge in [0, 0.05) is 29.8 Å². The third-order valence-corrected chi connectivity index (χ3v) is 6.01. The Morgan fingerprint density at radius 1 is 1.36 bits per heavy atom. The van der Waals surface area contributed by atoms with Gasteiger partial charge in [0.15, 0.2) is 0 Å². The highest BCUT2D eigenvalue weighted by Crippen LogP contribution is 2.39. The molecule has 3 heterocycles. The molecule has 2 unspecified atom stereocenters. The lowest BCUT2D eigenvalue weighted by atomic mass is 10.1. The minimum atomic E-state index is 0.491. The number of fused-ring (bicyclic) bond motifs is 1. The van der Waals surface area contributed by atoms with E-state index in [0.29, 0.717) is 11.9 Å². The first-order chi connectivity index (χ1) is 12.2. The molecule has 1 saturated carbocycles. The van der Waals surface area contributed by atoms with Crippen molar-refractivity contribution in [2.75, 3.05) is 25.4 Å². The molecule has 0 amide bonds. The molecule has 2 atom stereocenters. The van der Waals surface area contributed by atoms with Gasteiger partial charge >= 0.3 is 0 Å². The Balaban J connectivity index is 1.38. The summed E-state index contributed by atoms with van der Waals surface area (Å²) in [5.74, 6) is 1.26. The zero-order valence-corrected chi connectivity index (χ0v) is 15.9. The molecule has 1 fully saturated rings. The lowest BCUT2D eigenvalue weighted by molar-refractivity contribution is 0.460. The maximum Gasteiger partial charge on any atom is 0.146 e. The zero-order chi connectivity index (χ0) is 17.2. The van der Waals surface area contributed by atoms with Crippen LogP contribution in [-0.2, 0) is 0 Å². The summed E-state index contributed by atoms with van der Waals surface area (Å²) in [4.78, 5) is 8.58. The number of rotatable bonds is 5. The molecule has 0 saturated heterocycles. The minimum Gasteiger partial charge on any atom is -0.391 e. The van der Waals surface area contributed by atoms with Gasteiger partial charge in [0.1, 0.15) is 17.8 Å². The van der Waals surface area contributed by atoms with Crippen LogP contribution < -0.4 is 16.4 Å². The Morgan fingerprint density at radius 2 is 2.28 bits per heavy atom. The van der Waals surface area contributed by atoms with Gasteiger partial charge in [-0.3, -0.25) is 0 Å². The summed E-state index contributed by atoms with van der Waals surface area (Å²) in [6.07, 6.45) is 12.0. The monoisotopic (exact) mass is 404 g/mol. The Bertz CT molecular complexity index is 783. The number of nitrogens with zero attached hydrogens (tertiary/aromatic N) is 3. The number of nitrogens with one attached hydrogen (secondary N) is 2.